The minimum Gasteiger partial charge on any atom is -0.394 e. The van der Waals surface area contributed by atoms with E-state index < -0.39 is 10.0 Å². The second-order valence-electron chi connectivity index (χ2n) is 6.08. The van der Waals surface area contributed by atoms with Gasteiger partial charge in [0.2, 0.25) is 10.0 Å². The maximum absolute atomic E-state index is 12.9. The number of aliphatic hydroxyl groups is 1. The third kappa shape index (κ3) is 3.11. The highest BCUT2D eigenvalue weighted by molar-refractivity contribution is 7.89. The first-order chi connectivity index (χ1) is 11.4. The van der Waals surface area contributed by atoms with E-state index in [0.29, 0.717) is 31.1 Å². The maximum Gasteiger partial charge on any atom is 0.248 e. The monoisotopic (exact) mass is 354 g/mol. The summed E-state index contributed by atoms with van der Waals surface area (Å²) in [6.07, 6.45) is 3.48. The number of piperidine rings is 1. The molecule has 1 aliphatic rings. The maximum atomic E-state index is 12.9. The average molecular weight is 354 g/mol. The zero-order chi connectivity index (χ0) is 17.3. The van der Waals surface area contributed by atoms with Crippen LogP contribution in [0.2, 0.25) is 0 Å². The number of hydrogen-bond donors (Lipinski definition) is 1. The van der Waals surface area contributed by atoms with E-state index in [1.165, 1.54) is 4.31 Å². The van der Waals surface area contributed by atoms with Crippen molar-refractivity contribution in [2.24, 2.45) is 0 Å². The van der Waals surface area contributed by atoms with Gasteiger partial charge >= 0.3 is 0 Å². The molecule has 1 fully saturated rings. The zero-order valence-corrected chi connectivity index (χ0v) is 14.7. The van der Waals surface area contributed by atoms with Crippen LogP contribution in [0.4, 0.5) is 0 Å². The van der Waals surface area contributed by atoms with Crippen molar-refractivity contribution >= 4 is 10.0 Å². The first kappa shape index (κ1) is 17.1. The minimum atomic E-state index is -3.62. The summed E-state index contributed by atoms with van der Waals surface area (Å²) in [6.45, 7) is 4.60. The summed E-state index contributed by atoms with van der Waals surface area (Å²) in [5, 5.41) is 17.2. The Labute approximate surface area is 141 Å². The molecular weight excluding hydrogens is 332 g/mol. The Balaban J connectivity index is 1.82. The third-order valence-corrected chi connectivity index (χ3v) is 6.47. The molecule has 0 aliphatic carbocycles. The molecule has 1 N–H and O–H groups in total. The molecule has 0 aromatic carbocycles. The van der Waals surface area contributed by atoms with Crippen LogP contribution < -0.4 is 0 Å². The molecule has 0 bridgehead atoms. The molecule has 1 atom stereocenters. The third-order valence-electron chi connectivity index (χ3n) is 4.36. The second kappa shape index (κ2) is 6.66. The fraction of sp³-hybridized carbons (Fsp3) is 0.600. The molecule has 0 unspecified atom stereocenters. The molecule has 8 nitrogen and oxygen atoms in total. The van der Waals surface area contributed by atoms with Gasteiger partial charge in [-0.25, -0.2) is 8.42 Å². The van der Waals surface area contributed by atoms with Crippen molar-refractivity contribution in [1.82, 2.24) is 19.2 Å². The van der Waals surface area contributed by atoms with Crippen LogP contribution in [-0.2, 0) is 16.6 Å². The van der Waals surface area contributed by atoms with Crippen molar-refractivity contribution in [1.29, 1.82) is 0 Å². The lowest BCUT2D eigenvalue weighted by molar-refractivity contribution is 0.267. The Morgan fingerprint density at radius 3 is 2.88 bits per heavy atom. The van der Waals surface area contributed by atoms with Gasteiger partial charge in [-0.15, -0.1) is 0 Å². The SMILES string of the molecule is Cc1noc(C)c1S(=O)(=O)N1CCC[C@H](c2ccn(CCO)n2)C1. The number of aryl methyl sites for hydroxylation is 2. The van der Waals surface area contributed by atoms with Gasteiger partial charge in [-0.2, -0.15) is 9.40 Å². The van der Waals surface area contributed by atoms with Crippen LogP contribution in [0.15, 0.2) is 21.7 Å². The molecule has 2 aromatic heterocycles. The van der Waals surface area contributed by atoms with Crippen molar-refractivity contribution in [2.45, 2.75) is 44.0 Å². The van der Waals surface area contributed by atoms with E-state index in [9.17, 15) is 8.42 Å². The van der Waals surface area contributed by atoms with Crippen LogP contribution in [0.1, 0.15) is 35.9 Å². The Morgan fingerprint density at radius 2 is 2.21 bits per heavy atom. The second-order valence-corrected chi connectivity index (χ2v) is 7.96. The lowest BCUT2D eigenvalue weighted by Crippen LogP contribution is -2.39. The zero-order valence-electron chi connectivity index (χ0n) is 13.8. The van der Waals surface area contributed by atoms with Gasteiger partial charge in [0.05, 0.1) is 18.8 Å². The smallest absolute Gasteiger partial charge is 0.248 e. The lowest BCUT2D eigenvalue weighted by atomic mass is 9.96. The largest absolute Gasteiger partial charge is 0.394 e. The molecule has 0 radical (unpaired) electrons. The van der Waals surface area contributed by atoms with Gasteiger partial charge in [-0.3, -0.25) is 4.68 Å². The van der Waals surface area contributed by atoms with Crippen LogP contribution >= 0.6 is 0 Å². The molecule has 3 rings (SSSR count). The normalized spacial score (nSPS) is 19.7. The molecule has 2 aromatic rings. The summed E-state index contributed by atoms with van der Waals surface area (Å²) >= 11 is 0. The van der Waals surface area contributed by atoms with Crippen LogP contribution in [-0.4, -0.2) is 52.5 Å². The number of rotatable bonds is 5. The molecule has 132 valence electrons. The summed E-state index contributed by atoms with van der Waals surface area (Å²) in [5.74, 6) is 0.371. The molecule has 0 amide bonds. The standard InChI is InChI=1S/C15H22N4O4S/c1-11-15(12(2)23-17-11)24(21,22)19-6-3-4-13(10-19)14-5-7-18(16-14)8-9-20/h5,7,13,20H,3-4,6,8-10H2,1-2H3/t13-/m0/s1. The van der Waals surface area contributed by atoms with Gasteiger partial charge in [-0.1, -0.05) is 5.16 Å². The van der Waals surface area contributed by atoms with Gasteiger partial charge < -0.3 is 9.63 Å². The predicted octanol–water partition coefficient (Wildman–Crippen LogP) is 1.05. The fourth-order valence-corrected chi connectivity index (χ4v) is 5.01. The van der Waals surface area contributed by atoms with Gasteiger partial charge in [0.1, 0.15) is 10.6 Å². The van der Waals surface area contributed by atoms with Gasteiger partial charge in [-0.05, 0) is 32.8 Å². The van der Waals surface area contributed by atoms with E-state index in [-0.39, 0.29) is 17.4 Å². The van der Waals surface area contributed by atoms with Crippen molar-refractivity contribution in [3.63, 3.8) is 0 Å². The summed E-state index contributed by atoms with van der Waals surface area (Å²) in [4.78, 5) is 0.175. The van der Waals surface area contributed by atoms with Crippen LogP contribution in [0, 0.1) is 13.8 Å². The lowest BCUT2D eigenvalue weighted by Gasteiger charge is -2.31. The molecule has 1 aliphatic heterocycles. The molecule has 0 saturated carbocycles. The molecule has 3 heterocycles. The molecular formula is C15H22N4O4S. The number of sulfonamides is 1. The van der Waals surface area contributed by atoms with Crippen molar-refractivity contribution in [2.75, 3.05) is 19.7 Å². The van der Waals surface area contributed by atoms with Gasteiger partial charge in [0.15, 0.2) is 5.76 Å². The first-order valence-electron chi connectivity index (χ1n) is 8.00. The molecule has 9 heteroatoms. The van der Waals surface area contributed by atoms with E-state index >= 15 is 0 Å². The predicted molar refractivity (Wildman–Crippen MR) is 86.0 cm³/mol. The van der Waals surface area contributed by atoms with E-state index in [2.05, 4.69) is 10.3 Å². The van der Waals surface area contributed by atoms with Gasteiger partial charge in [0.25, 0.3) is 0 Å². The summed E-state index contributed by atoms with van der Waals surface area (Å²) in [6, 6.07) is 1.90. The highest BCUT2D eigenvalue weighted by Crippen LogP contribution is 2.31. The molecule has 1 saturated heterocycles. The number of aromatic nitrogens is 3. The summed E-state index contributed by atoms with van der Waals surface area (Å²) < 4.78 is 34.1. The van der Waals surface area contributed by atoms with Crippen molar-refractivity contribution < 1.29 is 18.0 Å². The molecule has 24 heavy (non-hydrogen) atoms. The average Bonchev–Trinajstić information content (AvgIpc) is 3.15. The number of aliphatic hydroxyl groups excluding tert-OH is 1. The Kier molecular flexibility index (Phi) is 4.75. The van der Waals surface area contributed by atoms with E-state index in [1.54, 1.807) is 18.5 Å². The van der Waals surface area contributed by atoms with E-state index in [4.69, 9.17) is 9.63 Å². The van der Waals surface area contributed by atoms with Crippen molar-refractivity contribution in [3.8, 4) is 0 Å². The first-order valence-corrected chi connectivity index (χ1v) is 9.44. The Hall–Kier alpha value is -1.71. The van der Waals surface area contributed by atoms with Crippen LogP contribution in [0.25, 0.3) is 0 Å². The quantitative estimate of drug-likeness (QED) is 0.861. The van der Waals surface area contributed by atoms with Crippen LogP contribution in [0.5, 0.6) is 0 Å². The fourth-order valence-electron chi connectivity index (χ4n) is 3.20. The Morgan fingerprint density at radius 1 is 1.42 bits per heavy atom. The van der Waals surface area contributed by atoms with E-state index in [1.807, 2.05) is 12.3 Å². The highest BCUT2D eigenvalue weighted by Gasteiger charge is 2.35. The minimum absolute atomic E-state index is 0.0261. The van der Waals surface area contributed by atoms with Gasteiger partial charge in [0, 0.05) is 25.2 Å². The summed E-state index contributed by atoms with van der Waals surface area (Å²) in [7, 11) is -3.62. The van der Waals surface area contributed by atoms with Crippen LogP contribution in [0.3, 0.4) is 0 Å². The number of hydrogen-bond acceptors (Lipinski definition) is 6. The van der Waals surface area contributed by atoms with Crippen molar-refractivity contribution in [3.05, 3.63) is 29.4 Å². The Bertz CT molecular complexity index is 792. The molecule has 0 spiro atoms. The highest BCUT2D eigenvalue weighted by atomic mass is 32.2. The summed E-state index contributed by atoms with van der Waals surface area (Å²) in [5.41, 5.74) is 1.25. The number of nitrogens with zero attached hydrogens (tertiary/aromatic N) is 4. The van der Waals surface area contributed by atoms with E-state index in [0.717, 1.165) is 18.5 Å². The topological polar surface area (TPSA) is 101 Å².